The Labute approximate surface area is 97.9 Å². The molecule has 0 aromatic heterocycles. The van der Waals surface area contributed by atoms with E-state index < -0.39 is 0 Å². The van der Waals surface area contributed by atoms with Gasteiger partial charge in [-0.05, 0) is 39.5 Å². The van der Waals surface area contributed by atoms with Crippen LogP contribution in [0.4, 0.5) is 0 Å². The molecule has 0 saturated heterocycles. The van der Waals surface area contributed by atoms with E-state index in [9.17, 15) is 4.79 Å². The summed E-state index contributed by atoms with van der Waals surface area (Å²) in [4.78, 5) is 11.5. The first kappa shape index (κ1) is 13.5. The van der Waals surface area contributed by atoms with E-state index in [-0.39, 0.29) is 11.9 Å². The molecule has 0 spiro atoms. The van der Waals surface area contributed by atoms with Gasteiger partial charge in [0.15, 0.2) is 0 Å². The molecule has 16 heavy (non-hydrogen) atoms. The van der Waals surface area contributed by atoms with Gasteiger partial charge in [0.25, 0.3) is 0 Å². The third kappa shape index (κ3) is 4.94. The zero-order valence-corrected chi connectivity index (χ0v) is 10.4. The van der Waals surface area contributed by atoms with Gasteiger partial charge in [-0.25, -0.2) is 0 Å². The van der Waals surface area contributed by atoms with E-state index >= 15 is 0 Å². The molecule has 1 amide bonds. The summed E-state index contributed by atoms with van der Waals surface area (Å²) in [6.07, 6.45) is 4.68. The topological polar surface area (TPSA) is 64.3 Å². The van der Waals surface area contributed by atoms with Crippen molar-refractivity contribution in [3.8, 4) is 0 Å². The number of nitrogens with two attached hydrogens (primary N) is 1. The van der Waals surface area contributed by atoms with Crippen LogP contribution in [0.25, 0.3) is 0 Å². The lowest BCUT2D eigenvalue weighted by molar-refractivity contribution is -0.123. The van der Waals surface area contributed by atoms with E-state index in [1.807, 2.05) is 13.8 Å². The minimum Gasteiger partial charge on any atom is -0.378 e. The Bertz CT molecular complexity index is 213. The molecule has 4 heteroatoms. The second kappa shape index (κ2) is 6.86. The third-order valence-corrected chi connectivity index (χ3v) is 2.93. The van der Waals surface area contributed by atoms with Crippen LogP contribution < -0.4 is 11.1 Å². The van der Waals surface area contributed by atoms with Crippen LogP contribution in [0.1, 0.15) is 46.0 Å². The van der Waals surface area contributed by atoms with E-state index in [1.54, 1.807) is 0 Å². The molecule has 0 heterocycles. The van der Waals surface area contributed by atoms with Crippen LogP contribution in [0, 0.1) is 0 Å². The predicted octanol–water partition coefficient (Wildman–Crippen LogP) is 1.19. The minimum absolute atomic E-state index is 0.153. The van der Waals surface area contributed by atoms with Crippen molar-refractivity contribution in [2.75, 3.05) is 6.61 Å². The predicted molar refractivity (Wildman–Crippen MR) is 64.1 cm³/mol. The molecule has 1 atom stereocenters. The highest BCUT2D eigenvalue weighted by molar-refractivity contribution is 5.76. The van der Waals surface area contributed by atoms with Crippen molar-refractivity contribution >= 4 is 5.91 Å². The Kier molecular flexibility index (Phi) is 5.77. The highest BCUT2D eigenvalue weighted by Gasteiger charge is 2.30. The van der Waals surface area contributed by atoms with Crippen molar-refractivity contribution in [2.24, 2.45) is 5.73 Å². The van der Waals surface area contributed by atoms with Crippen LogP contribution in [0.2, 0.25) is 0 Å². The standard InChI is InChI=1S/C12H24N2O2/c1-3-16-11-7-10(8-11)14-12(15)6-4-5-9(2)13/h9-11H,3-8,13H2,1-2H3,(H,14,15). The van der Waals surface area contributed by atoms with Crippen molar-refractivity contribution in [1.29, 1.82) is 0 Å². The molecule has 1 aliphatic carbocycles. The molecule has 0 aromatic rings. The highest BCUT2D eigenvalue weighted by Crippen LogP contribution is 2.23. The van der Waals surface area contributed by atoms with Crippen LogP contribution >= 0.6 is 0 Å². The van der Waals surface area contributed by atoms with Crippen molar-refractivity contribution in [2.45, 2.75) is 64.1 Å². The average Bonchev–Trinajstić information content (AvgIpc) is 2.14. The number of hydrogen-bond acceptors (Lipinski definition) is 3. The minimum atomic E-state index is 0.153. The summed E-state index contributed by atoms with van der Waals surface area (Å²) in [5.74, 6) is 0.153. The lowest BCUT2D eigenvalue weighted by Gasteiger charge is -2.35. The van der Waals surface area contributed by atoms with Gasteiger partial charge >= 0.3 is 0 Å². The van der Waals surface area contributed by atoms with Crippen LogP contribution in [0.3, 0.4) is 0 Å². The molecule has 94 valence electrons. The number of carbonyl (C=O) groups excluding carboxylic acids is 1. The maximum Gasteiger partial charge on any atom is 0.220 e. The van der Waals surface area contributed by atoms with Crippen LogP contribution in [0.5, 0.6) is 0 Å². The van der Waals surface area contributed by atoms with Gasteiger partial charge in [-0.2, -0.15) is 0 Å². The van der Waals surface area contributed by atoms with Gasteiger partial charge in [0.1, 0.15) is 0 Å². The molecule has 3 N–H and O–H groups in total. The maximum atomic E-state index is 11.5. The fraction of sp³-hybridized carbons (Fsp3) is 0.917. The highest BCUT2D eigenvalue weighted by atomic mass is 16.5. The molecule has 0 radical (unpaired) electrons. The van der Waals surface area contributed by atoms with Crippen molar-refractivity contribution in [1.82, 2.24) is 5.32 Å². The molecule has 1 fully saturated rings. The molecular formula is C12H24N2O2. The van der Waals surface area contributed by atoms with Gasteiger partial charge in [0, 0.05) is 25.1 Å². The fourth-order valence-electron chi connectivity index (χ4n) is 1.94. The fourth-order valence-corrected chi connectivity index (χ4v) is 1.94. The lowest BCUT2D eigenvalue weighted by Crippen LogP contribution is -2.47. The first-order chi connectivity index (χ1) is 7.61. The molecule has 1 aliphatic rings. The van der Waals surface area contributed by atoms with Gasteiger partial charge in [0.2, 0.25) is 5.91 Å². The molecule has 0 aromatic carbocycles. The van der Waals surface area contributed by atoms with E-state index in [0.29, 0.717) is 18.6 Å². The summed E-state index contributed by atoms with van der Waals surface area (Å²) in [6, 6.07) is 0.526. The van der Waals surface area contributed by atoms with Gasteiger partial charge in [0.05, 0.1) is 6.10 Å². The normalized spacial score (nSPS) is 25.9. The van der Waals surface area contributed by atoms with E-state index in [2.05, 4.69) is 5.32 Å². The van der Waals surface area contributed by atoms with Crippen LogP contribution in [0.15, 0.2) is 0 Å². The molecular weight excluding hydrogens is 204 g/mol. The zero-order chi connectivity index (χ0) is 12.0. The summed E-state index contributed by atoms with van der Waals surface area (Å²) < 4.78 is 5.43. The van der Waals surface area contributed by atoms with E-state index in [0.717, 1.165) is 32.3 Å². The van der Waals surface area contributed by atoms with E-state index in [4.69, 9.17) is 10.5 Å². The summed E-state index contributed by atoms with van der Waals surface area (Å²) in [5, 5.41) is 3.02. The molecule has 1 rings (SSSR count). The Balaban J connectivity index is 1.99. The number of amides is 1. The van der Waals surface area contributed by atoms with Gasteiger partial charge in [-0.15, -0.1) is 0 Å². The summed E-state index contributed by atoms with van der Waals surface area (Å²) in [5.41, 5.74) is 5.62. The second-order valence-corrected chi connectivity index (χ2v) is 4.68. The van der Waals surface area contributed by atoms with Crippen LogP contribution in [-0.4, -0.2) is 30.7 Å². The lowest BCUT2D eigenvalue weighted by atomic mass is 9.89. The van der Waals surface area contributed by atoms with Crippen LogP contribution in [-0.2, 0) is 9.53 Å². The number of nitrogens with one attached hydrogen (secondary N) is 1. The first-order valence-corrected chi connectivity index (χ1v) is 6.28. The molecule has 1 saturated carbocycles. The molecule has 4 nitrogen and oxygen atoms in total. The average molecular weight is 228 g/mol. The number of carbonyl (C=O) groups is 1. The quantitative estimate of drug-likeness (QED) is 0.688. The maximum absolute atomic E-state index is 11.5. The second-order valence-electron chi connectivity index (χ2n) is 4.68. The zero-order valence-electron chi connectivity index (χ0n) is 10.4. The van der Waals surface area contributed by atoms with Gasteiger partial charge < -0.3 is 15.8 Å². The van der Waals surface area contributed by atoms with Crippen molar-refractivity contribution in [3.63, 3.8) is 0 Å². The smallest absolute Gasteiger partial charge is 0.220 e. The summed E-state index contributed by atoms with van der Waals surface area (Å²) in [7, 11) is 0. The Morgan fingerprint density at radius 1 is 1.56 bits per heavy atom. The first-order valence-electron chi connectivity index (χ1n) is 6.28. The number of hydrogen-bond donors (Lipinski definition) is 2. The number of ether oxygens (including phenoxy) is 1. The number of rotatable bonds is 7. The van der Waals surface area contributed by atoms with E-state index in [1.165, 1.54) is 0 Å². The summed E-state index contributed by atoms with van der Waals surface area (Å²) in [6.45, 7) is 4.73. The van der Waals surface area contributed by atoms with Gasteiger partial charge in [-0.3, -0.25) is 4.79 Å². The van der Waals surface area contributed by atoms with Crippen molar-refractivity contribution in [3.05, 3.63) is 0 Å². The Hall–Kier alpha value is -0.610. The monoisotopic (exact) mass is 228 g/mol. The summed E-state index contributed by atoms with van der Waals surface area (Å²) >= 11 is 0. The Morgan fingerprint density at radius 3 is 2.81 bits per heavy atom. The van der Waals surface area contributed by atoms with Gasteiger partial charge in [-0.1, -0.05) is 0 Å². The third-order valence-electron chi connectivity index (χ3n) is 2.93. The van der Waals surface area contributed by atoms with Crippen molar-refractivity contribution < 1.29 is 9.53 Å². The molecule has 0 bridgehead atoms. The molecule has 0 aliphatic heterocycles. The largest absolute Gasteiger partial charge is 0.378 e. The molecule has 1 unspecified atom stereocenters. The Morgan fingerprint density at radius 2 is 2.25 bits per heavy atom. The SMILES string of the molecule is CCOC1CC(NC(=O)CCCC(C)N)C1.